The van der Waals surface area contributed by atoms with E-state index >= 15 is 0 Å². The van der Waals surface area contributed by atoms with Crippen LogP contribution in [0.2, 0.25) is 5.02 Å². The summed E-state index contributed by atoms with van der Waals surface area (Å²) in [4.78, 5) is 0. The maximum Gasteiger partial charge on any atom is 0.416 e. The Labute approximate surface area is 122 Å². The minimum atomic E-state index is -4.35. The van der Waals surface area contributed by atoms with Gasteiger partial charge in [-0.05, 0) is 36.5 Å². The molecule has 0 aromatic heterocycles. The standard InChI is InChI=1S/C15H19ClF3N/c1-14(2)8-4-3-5-13(14)20-12-7-6-10(9-11(12)16)15(17,18)19/h6-7,9,13,20H,3-5,8H2,1-2H3. The molecule has 0 bridgehead atoms. The molecule has 0 aliphatic heterocycles. The molecule has 0 radical (unpaired) electrons. The second-order valence-electron chi connectivity index (χ2n) is 6.12. The van der Waals surface area contributed by atoms with Crippen LogP contribution in [-0.2, 0) is 6.18 Å². The molecule has 1 aliphatic rings. The van der Waals surface area contributed by atoms with E-state index in [0.717, 1.165) is 31.4 Å². The number of rotatable bonds is 2. The van der Waals surface area contributed by atoms with E-state index in [2.05, 4.69) is 19.2 Å². The van der Waals surface area contributed by atoms with Crippen molar-refractivity contribution in [1.29, 1.82) is 0 Å². The Balaban J connectivity index is 2.18. The highest BCUT2D eigenvalue weighted by Crippen LogP contribution is 2.39. The molecule has 1 atom stereocenters. The van der Waals surface area contributed by atoms with Crippen molar-refractivity contribution >= 4 is 17.3 Å². The smallest absolute Gasteiger partial charge is 0.381 e. The molecule has 112 valence electrons. The number of alkyl halides is 3. The number of halogens is 4. The van der Waals surface area contributed by atoms with Crippen LogP contribution in [0.4, 0.5) is 18.9 Å². The van der Waals surface area contributed by atoms with Crippen LogP contribution < -0.4 is 5.32 Å². The van der Waals surface area contributed by atoms with E-state index in [-0.39, 0.29) is 16.5 Å². The lowest BCUT2D eigenvalue weighted by Crippen LogP contribution is -2.39. The van der Waals surface area contributed by atoms with Gasteiger partial charge in [-0.25, -0.2) is 0 Å². The fourth-order valence-electron chi connectivity index (χ4n) is 2.76. The molecular weight excluding hydrogens is 287 g/mol. The minimum absolute atomic E-state index is 0.126. The zero-order chi connectivity index (χ0) is 15.0. The first-order valence-corrected chi connectivity index (χ1v) is 7.21. The number of hydrogen-bond donors (Lipinski definition) is 1. The van der Waals surface area contributed by atoms with E-state index in [0.29, 0.717) is 5.69 Å². The monoisotopic (exact) mass is 305 g/mol. The summed E-state index contributed by atoms with van der Waals surface area (Å²) in [5, 5.41) is 3.44. The van der Waals surface area contributed by atoms with Gasteiger partial charge in [-0.3, -0.25) is 0 Å². The summed E-state index contributed by atoms with van der Waals surface area (Å²) in [6.45, 7) is 4.36. The third-order valence-corrected chi connectivity index (χ3v) is 4.45. The van der Waals surface area contributed by atoms with Crippen molar-refractivity contribution < 1.29 is 13.2 Å². The van der Waals surface area contributed by atoms with Crippen molar-refractivity contribution in [3.8, 4) is 0 Å². The second kappa shape index (κ2) is 5.47. The molecular formula is C15H19ClF3N. The quantitative estimate of drug-likeness (QED) is 0.734. The van der Waals surface area contributed by atoms with Gasteiger partial charge in [0.05, 0.1) is 16.3 Å². The maximum absolute atomic E-state index is 12.6. The first kappa shape index (κ1) is 15.5. The molecule has 1 N–H and O–H groups in total. The fourth-order valence-corrected chi connectivity index (χ4v) is 2.99. The molecule has 2 rings (SSSR count). The zero-order valence-corrected chi connectivity index (χ0v) is 12.4. The molecule has 1 unspecified atom stereocenters. The molecule has 1 saturated carbocycles. The Kier molecular flexibility index (Phi) is 4.24. The van der Waals surface area contributed by atoms with Gasteiger partial charge in [-0.2, -0.15) is 13.2 Å². The highest BCUT2D eigenvalue weighted by Gasteiger charge is 2.33. The van der Waals surface area contributed by atoms with E-state index in [1.807, 2.05) is 0 Å². The van der Waals surface area contributed by atoms with E-state index in [4.69, 9.17) is 11.6 Å². The molecule has 1 fully saturated rings. The van der Waals surface area contributed by atoms with Crippen molar-refractivity contribution in [2.75, 3.05) is 5.32 Å². The highest BCUT2D eigenvalue weighted by atomic mass is 35.5. The lowest BCUT2D eigenvalue weighted by molar-refractivity contribution is -0.137. The lowest BCUT2D eigenvalue weighted by Gasteiger charge is -2.39. The predicted octanol–water partition coefficient (Wildman–Crippen LogP) is 5.74. The van der Waals surface area contributed by atoms with Crippen LogP contribution in [0.5, 0.6) is 0 Å². The topological polar surface area (TPSA) is 12.0 Å². The van der Waals surface area contributed by atoms with Gasteiger partial charge in [0.2, 0.25) is 0 Å². The molecule has 1 aliphatic carbocycles. The summed E-state index contributed by atoms with van der Waals surface area (Å²) in [6, 6.07) is 3.73. The van der Waals surface area contributed by atoms with Gasteiger partial charge in [-0.15, -0.1) is 0 Å². The average molecular weight is 306 g/mol. The molecule has 20 heavy (non-hydrogen) atoms. The molecule has 0 amide bonds. The molecule has 5 heteroatoms. The number of nitrogens with one attached hydrogen (secondary N) is 1. The highest BCUT2D eigenvalue weighted by molar-refractivity contribution is 6.33. The second-order valence-corrected chi connectivity index (χ2v) is 6.53. The van der Waals surface area contributed by atoms with Gasteiger partial charge in [-0.1, -0.05) is 38.3 Å². The third-order valence-electron chi connectivity index (χ3n) is 4.13. The first-order chi connectivity index (χ1) is 9.20. The molecule has 1 aromatic carbocycles. The summed E-state index contributed by atoms with van der Waals surface area (Å²) in [5.74, 6) is 0. The normalized spacial score (nSPS) is 22.6. The largest absolute Gasteiger partial charge is 0.416 e. The predicted molar refractivity (Wildman–Crippen MR) is 76.1 cm³/mol. The van der Waals surface area contributed by atoms with Crippen molar-refractivity contribution in [3.63, 3.8) is 0 Å². The number of anilines is 1. The number of benzene rings is 1. The van der Waals surface area contributed by atoms with Crippen LogP contribution in [0.15, 0.2) is 18.2 Å². The first-order valence-electron chi connectivity index (χ1n) is 6.83. The Morgan fingerprint density at radius 2 is 1.95 bits per heavy atom. The minimum Gasteiger partial charge on any atom is -0.381 e. The lowest BCUT2D eigenvalue weighted by atomic mass is 9.73. The van der Waals surface area contributed by atoms with Gasteiger partial charge in [0.15, 0.2) is 0 Å². The summed E-state index contributed by atoms with van der Waals surface area (Å²) >= 11 is 5.99. The van der Waals surface area contributed by atoms with Crippen molar-refractivity contribution in [2.24, 2.45) is 5.41 Å². The van der Waals surface area contributed by atoms with E-state index in [9.17, 15) is 13.2 Å². The van der Waals surface area contributed by atoms with Crippen LogP contribution in [0.25, 0.3) is 0 Å². The molecule has 0 spiro atoms. The van der Waals surface area contributed by atoms with Crippen LogP contribution in [0.1, 0.15) is 45.1 Å². The van der Waals surface area contributed by atoms with E-state index in [1.54, 1.807) is 0 Å². The summed E-state index contributed by atoms with van der Waals surface area (Å²) < 4.78 is 37.8. The van der Waals surface area contributed by atoms with Crippen LogP contribution in [-0.4, -0.2) is 6.04 Å². The SMILES string of the molecule is CC1(C)CCCCC1Nc1ccc(C(F)(F)F)cc1Cl. The summed E-state index contributed by atoms with van der Waals surface area (Å²) in [5.41, 5.74) is 0.000166. The van der Waals surface area contributed by atoms with Gasteiger partial charge in [0.25, 0.3) is 0 Å². The fraction of sp³-hybridized carbons (Fsp3) is 0.600. The van der Waals surface area contributed by atoms with Crippen molar-refractivity contribution in [3.05, 3.63) is 28.8 Å². The molecule has 0 heterocycles. The number of hydrogen-bond acceptors (Lipinski definition) is 1. The Bertz CT molecular complexity index is 482. The maximum atomic E-state index is 12.6. The summed E-state index contributed by atoms with van der Waals surface area (Å²) in [7, 11) is 0. The molecule has 1 aromatic rings. The summed E-state index contributed by atoms with van der Waals surface area (Å²) in [6.07, 6.45) is 0.116. The van der Waals surface area contributed by atoms with Crippen molar-refractivity contribution in [1.82, 2.24) is 0 Å². The van der Waals surface area contributed by atoms with Gasteiger partial charge in [0, 0.05) is 6.04 Å². The molecule has 1 nitrogen and oxygen atoms in total. The third kappa shape index (κ3) is 3.40. The Morgan fingerprint density at radius 1 is 1.25 bits per heavy atom. The zero-order valence-electron chi connectivity index (χ0n) is 11.6. The van der Waals surface area contributed by atoms with Crippen molar-refractivity contribution in [2.45, 2.75) is 51.7 Å². The van der Waals surface area contributed by atoms with E-state index < -0.39 is 11.7 Å². The van der Waals surface area contributed by atoms with Gasteiger partial charge in [0.1, 0.15) is 0 Å². The van der Waals surface area contributed by atoms with Crippen LogP contribution in [0.3, 0.4) is 0 Å². The van der Waals surface area contributed by atoms with Gasteiger partial charge >= 0.3 is 6.18 Å². The Hall–Kier alpha value is -0.900. The average Bonchev–Trinajstić information content (AvgIpc) is 2.32. The molecule has 0 saturated heterocycles. The Morgan fingerprint density at radius 3 is 2.50 bits per heavy atom. The van der Waals surface area contributed by atoms with Gasteiger partial charge < -0.3 is 5.32 Å². The van der Waals surface area contributed by atoms with Crippen LogP contribution >= 0.6 is 11.6 Å². The van der Waals surface area contributed by atoms with E-state index in [1.165, 1.54) is 12.5 Å². The van der Waals surface area contributed by atoms with Crippen LogP contribution in [0, 0.1) is 5.41 Å².